The van der Waals surface area contributed by atoms with Crippen LogP contribution in [0.15, 0.2) is 22.7 Å². The number of hydrogen-bond donors (Lipinski definition) is 1. The minimum atomic E-state index is 0.0901. The number of rotatable bonds is 3. The molecule has 14 heavy (non-hydrogen) atoms. The van der Waals surface area contributed by atoms with Gasteiger partial charge in [-0.15, -0.1) is 0 Å². The van der Waals surface area contributed by atoms with Crippen molar-refractivity contribution in [3.8, 4) is 0 Å². The van der Waals surface area contributed by atoms with E-state index in [0.29, 0.717) is 13.0 Å². The maximum absolute atomic E-state index is 11.0. The van der Waals surface area contributed by atoms with Crippen LogP contribution < -0.4 is 5.32 Å². The summed E-state index contributed by atoms with van der Waals surface area (Å²) in [6.45, 7) is 4.51. The van der Waals surface area contributed by atoms with Crippen molar-refractivity contribution in [3.05, 3.63) is 33.8 Å². The Bertz CT molecular complexity index is 336. The normalized spacial score (nSPS) is 9.93. The fraction of sp³-hybridized carbons (Fsp3) is 0.364. The van der Waals surface area contributed by atoms with Gasteiger partial charge in [-0.25, -0.2) is 0 Å². The topological polar surface area (TPSA) is 29.1 Å². The molecule has 0 saturated heterocycles. The van der Waals surface area contributed by atoms with Gasteiger partial charge in [-0.1, -0.05) is 28.9 Å². The second-order valence-electron chi connectivity index (χ2n) is 3.20. The van der Waals surface area contributed by atoms with Crippen LogP contribution in [0.25, 0.3) is 0 Å². The molecule has 1 N–H and O–H groups in total. The van der Waals surface area contributed by atoms with Gasteiger partial charge in [0.1, 0.15) is 0 Å². The lowest BCUT2D eigenvalue weighted by molar-refractivity contribution is -0.120. The van der Waals surface area contributed by atoms with E-state index >= 15 is 0 Å². The molecule has 0 aromatic heterocycles. The molecule has 1 aromatic carbocycles. The molecule has 1 rings (SSSR count). The maximum atomic E-state index is 11.0. The highest BCUT2D eigenvalue weighted by Gasteiger charge is 2.00. The zero-order chi connectivity index (χ0) is 10.6. The van der Waals surface area contributed by atoms with Crippen molar-refractivity contribution in [2.24, 2.45) is 0 Å². The van der Waals surface area contributed by atoms with Crippen molar-refractivity contribution >= 4 is 21.8 Å². The van der Waals surface area contributed by atoms with Crippen molar-refractivity contribution in [1.29, 1.82) is 0 Å². The SMILES string of the molecule is CCC(=O)NCc1ccc(Br)cc1C. The zero-order valence-corrected chi connectivity index (χ0v) is 10.0. The Balaban J connectivity index is 2.63. The lowest BCUT2D eigenvalue weighted by Gasteiger charge is -2.07. The number of hydrogen-bond acceptors (Lipinski definition) is 1. The number of benzene rings is 1. The van der Waals surface area contributed by atoms with Gasteiger partial charge in [0.2, 0.25) is 5.91 Å². The quantitative estimate of drug-likeness (QED) is 0.885. The van der Waals surface area contributed by atoms with Gasteiger partial charge in [-0.3, -0.25) is 4.79 Å². The molecule has 1 amide bonds. The first-order chi connectivity index (χ1) is 6.63. The van der Waals surface area contributed by atoms with Crippen molar-refractivity contribution in [3.63, 3.8) is 0 Å². The molecule has 0 radical (unpaired) electrons. The van der Waals surface area contributed by atoms with Gasteiger partial charge < -0.3 is 5.32 Å². The lowest BCUT2D eigenvalue weighted by Crippen LogP contribution is -2.21. The van der Waals surface area contributed by atoms with Crippen molar-refractivity contribution in [2.45, 2.75) is 26.8 Å². The van der Waals surface area contributed by atoms with Crippen LogP contribution in [0.5, 0.6) is 0 Å². The van der Waals surface area contributed by atoms with E-state index in [1.807, 2.05) is 32.0 Å². The van der Waals surface area contributed by atoms with Gasteiger partial charge in [-0.2, -0.15) is 0 Å². The highest BCUT2D eigenvalue weighted by molar-refractivity contribution is 9.10. The molecule has 0 heterocycles. The van der Waals surface area contributed by atoms with Crippen LogP contribution in [0.1, 0.15) is 24.5 Å². The maximum Gasteiger partial charge on any atom is 0.219 e. The van der Waals surface area contributed by atoms with Crippen LogP contribution in [-0.4, -0.2) is 5.91 Å². The summed E-state index contributed by atoms with van der Waals surface area (Å²) in [7, 11) is 0. The van der Waals surface area contributed by atoms with Crippen LogP contribution in [0.2, 0.25) is 0 Å². The molecule has 0 atom stereocenters. The molecule has 0 saturated carbocycles. The van der Waals surface area contributed by atoms with Crippen molar-refractivity contribution < 1.29 is 4.79 Å². The van der Waals surface area contributed by atoms with Gasteiger partial charge in [-0.05, 0) is 30.2 Å². The van der Waals surface area contributed by atoms with E-state index in [4.69, 9.17) is 0 Å². The number of aryl methyl sites for hydroxylation is 1. The van der Waals surface area contributed by atoms with Crippen LogP contribution in [0.3, 0.4) is 0 Å². The van der Waals surface area contributed by atoms with E-state index in [2.05, 4.69) is 21.2 Å². The monoisotopic (exact) mass is 255 g/mol. The first-order valence-corrected chi connectivity index (χ1v) is 5.44. The van der Waals surface area contributed by atoms with Crippen LogP contribution in [-0.2, 0) is 11.3 Å². The molecule has 1 aromatic rings. The highest BCUT2D eigenvalue weighted by Crippen LogP contribution is 2.15. The Kier molecular flexibility index (Phi) is 4.14. The number of halogens is 1. The molecular formula is C11H14BrNO. The summed E-state index contributed by atoms with van der Waals surface area (Å²) in [6, 6.07) is 6.06. The Labute approximate surface area is 92.8 Å². The third-order valence-corrected chi connectivity index (χ3v) is 2.60. The van der Waals surface area contributed by atoms with E-state index in [0.717, 1.165) is 10.0 Å². The molecule has 0 spiro atoms. The number of carbonyl (C=O) groups excluding carboxylic acids is 1. The smallest absolute Gasteiger partial charge is 0.219 e. The van der Waals surface area contributed by atoms with E-state index in [1.54, 1.807) is 0 Å². The summed E-state index contributed by atoms with van der Waals surface area (Å²) < 4.78 is 1.07. The van der Waals surface area contributed by atoms with Gasteiger partial charge in [0.15, 0.2) is 0 Å². The molecule has 2 nitrogen and oxygen atoms in total. The summed E-state index contributed by atoms with van der Waals surface area (Å²) in [6.07, 6.45) is 0.537. The third-order valence-electron chi connectivity index (χ3n) is 2.10. The number of carbonyl (C=O) groups is 1. The fourth-order valence-electron chi connectivity index (χ4n) is 1.18. The largest absolute Gasteiger partial charge is 0.352 e. The average Bonchev–Trinajstić information content (AvgIpc) is 2.16. The molecule has 0 aliphatic rings. The van der Waals surface area contributed by atoms with Gasteiger partial charge in [0.05, 0.1) is 0 Å². The molecule has 0 aliphatic heterocycles. The molecular weight excluding hydrogens is 242 g/mol. The third kappa shape index (κ3) is 3.14. The summed E-state index contributed by atoms with van der Waals surface area (Å²) in [5.74, 6) is 0.0901. The summed E-state index contributed by atoms with van der Waals surface area (Å²) in [5.41, 5.74) is 2.35. The highest BCUT2D eigenvalue weighted by atomic mass is 79.9. The number of nitrogens with one attached hydrogen (secondary N) is 1. The molecule has 0 unspecified atom stereocenters. The van der Waals surface area contributed by atoms with E-state index in [9.17, 15) is 4.79 Å². The first kappa shape index (κ1) is 11.2. The second kappa shape index (κ2) is 5.15. The van der Waals surface area contributed by atoms with Crippen molar-refractivity contribution in [1.82, 2.24) is 5.32 Å². The number of amides is 1. The van der Waals surface area contributed by atoms with E-state index < -0.39 is 0 Å². The van der Waals surface area contributed by atoms with Crippen molar-refractivity contribution in [2.75, 3.05) is 0 Å². The van der Waals surface area contributed by atoms with Crippen LogP contribution in [0, 0.1) is 6.92 Å². The summed E-state index contributed by atoms with van der Waals surface area (Å²) in [4.78, 5) is 11.0. The fourth-order valence-corrected chi connectivity index (χ4v) is 1.65. The summed E-state index contributed by atoms with van der Waals surface area (Å²) >= 11 is 3.40. The average molecular weight is 256 g/mol. The molecule has 76 valence electrons. The van der Waals surface area contributed by atoms with E-state index in [-0.39, 0.29) is 5.91 Å². The second-order valence-corrected chi connectivity index (χ2v) is 4.12. The standard InChI is InChI=1S/C11H14BrNO/c1-3-11(14)13-7-9-4-5-10(12)6-8(9)2/h4-6H,3,7H2,1-2H3,(H,13,14). The predicted molar refractivity (Wildman–Crippen MR) is 61.0 cm³/mol. The Hall–Kier alpha value is -0.830. The Morgan fingerprint density at radius 2 is 2.21 bits per heavy atom. The van der Waals surface area contributed by atoms with Gasteiger partial charge in [0, 0.05) is 17.4 Å². The van der Waals surface area contributed by atoms with Gasteiger partial charge >= 0.3 is 0 Å². The minimum Gasteiger partial charge on any atom is -0.352 e. The molecule has 0 bridgehead atoms. The van der Waals surface area contributed by atoms with Crippen LogP contribution in [0.4, 0.5) is 0 Å². The Morgan fingerprint density at radius 1 is 1.50 bits per heavy atom. The Morgan fingerprint density at radius 3 is 2.79 bits per heavy atom. The lowest BCUT2D eigenvalue weighted by atomic mass is 10.1. The molecule has 0 aliphatic carbocycles. The predicted octanol–water partition coefficient (Wildman–Crippen LogP) is 2.78. The molecule has 3 heteroatoms. The molecule has 0 fully saturated rings. The first-order valence-electron chi connectivity index (χ1n) is 4.65. The van der Waals surface area contributed by atoms with Crippen LogP contribution >= 0.6 is 15.9 Å². The van der Waals surface area contributed by atoms with E-state index in [1.165, 1.54) is 5.56 Å². The summed E-state index contributed by atoms with van der Waals surface area (Å²) in [5, 5.41) is 2.85. The minimum absolute atomic E-state index is 0.0901. The van der Waals surface area contributed by atoms with Gasteiger partial charge in [0.25, 0.3) is 0 Å². The zero-order valence-electron chi connectivity index (χ0n) is 8.43.